The van der Waals surface area contributed by atoms with Gasteiger partial charge in [0.05, 0.1) is 37.2 Å². The van der Waals surface area contributed by atoms with Crippen molar-refractivity contribution in [1.82, 2.24) is 4.98 Å². The summed E-state index contributed by atoms with van der Waals surface area (Å²) in [5, 5.41) is 3.79. The fourth-order valence-corrected chi connectivity index (χ4v) is 2.79. The first-order valence-corrected chi connectivity index (χ1v) is 8.21. The molecule has 6 nitrogen and oxygen atoms in total. The van der Waals surface area contributed by atoms with E-state index in [1.807, 2.05) is 12.3 Å². The van der Waals surface area contributed by atoms with Crippen LogP contribution in [0.2, 0.25) is 0 Å². The Morgan fingerprint density at radius 3 is 2.48 bits per heavy atom. The minimum Gasteiger partial charge on any atom is -0.497 e. The zero-order chi connectivity index (χ0) is 16.4. The second kappa shape index (κ2) is 6.37. The van der Waals surface area contributed by atoms with Crippen LogP contribution in [0.5, 0.6) is 11.5 Å². The van der Waals surface area contributed by atoms with Crippen LogP contribution in [0.1, 0.15) is 5.56 Å². The third-order valence-electron chi connectivity index (χ3n) is 3.63. The molecule has 1 aromatic carbocycles. The number of aromatic nitrogens is 1. The van der Waals surface area contributed by atoms with Crippen molar-refractivity contribution in [2.24, 2.45) is 0 Å². The molecule has 0 unspecified atom stereocenters. The largest absolute Gasteiger partial charge is 0.497 e. The van der Waals surface area contributed by atoms with Crippen molar-refractivity contribution in [1.29, 1.82) is 0 Å². The highest BCUT2D eigenvalue weighted by atomic mass is 32.2. The van der Waals surface area contributed by atoms with E-state index in [9.17, 15) is 4.79 Å². The molecule has 23 heavy (non-hydrogen) atoms. The third-order valence-corrected chi connectivity index (χ3v) is 4.28. The number of fused-ring (bicyclic) bond motifs is 1. The molecule has 0 saturated heterocycles. The number of carbonyl (C=O) groups excluding carboxylic acids is 1. The average Bonchev–Trinajstić information content (AvgIpc) is 2.59. The van der Waals surface area contributed by atoms with Crippen LogP contribution >= 0.6 is 11.8 Å². The number of nitrogens with one attached hydrogen (secondary N) is 1. The van der Waals surface area contributed by atoms with Gasteiger partial charge in [0.15, 0.2) is 0 Å². The van der Waals surface area contributed by atoms with Gasteiger partial charge in [-0.1, -0.05) is 0 Å². The van der Waals surface area contributed by atoms with Gasteiger partial charge in [0, 0.05) is 30.0 Å². The number of urea groups is 1. The van der Waals surface area contributed by atoms with E-state index in [4.69, 9.17) is 9.47 Å². The number of hydrogen-bond acceptors (Lipinski definition) is 5. The molecule has 0 radical (unpaired) electrons. The zero-order valence-electron chi connectivity index (χ0n) is 13.1. The monoisotopic (exact) mass is 331 g/mol. The van der Waals surface area contributed by atoms with Gasteiger partial charge in [-0.15, -0.1) is 11.8 Å². The minimum atomic E-state index is -0.189. The van der Waals surface area contributed by atoms with Gasteiger partial charge in [-0.25, -0.2) is 9.78 Å². The van der Waals surface area contributed by atoms with Gasteiger partial charge >= 0.3 is 6.03 Å². The van der Waals surface area contributed by atoms with E-state index in [0.29, 0.717) is 23.7 Å². The van der Waals surface area contributed by atoms with Crippen molar-refractivity contribution < 1.29 is 14.3 Å². The van der Waals surface area contributed by atoms with Crippen molar-refractivity contribution >= 4 is 29.2 Å². The van der Waals surface area contributed by atoms with Crippen LogP contribution in [0.3, 0.4) is 0 Å². The van der Waals surface area contributed by atoms with Crippen molar-refractivity contribution in [3.63, 3.8) is 0 Å². The van der Waals surface area contributed by atoms with Crippen LogP contribution < -0.4 is 19.7 Å². The molecule has 0 aliphatic carbocycles. The van der Waals surface area contributed by atoms with Crippen LogP contribution in [0.25, 0.3) is 0 Å². The summed E-state index contributed by atoms with van der Waals surface area (Å²) in [5.74, 6) is 1.27. The van der Waals surface area contributed by atoms with E-state index in [1.54, 1.807) is 55.3 Å². The number of methoxy groups -OCH3 is 2. The van der Waals surface area contributed by atoms with Crippen molar-refractivity contribution in [2.45, 2.75) is 11.6 Å². The Balaban J connectivity index is 1.96. The standard InChI is InChI=1S/C16H17N3O3S/c1-21-12-4-11(5-13(6-12)22-2)19-9-10-8-17-15(23-3)7-14(10)18-16(19)20/h4-8H,9H2,1-3H3,(H,18,20). The van der Waals surface area contributed by atoms with Crippen molar-refractivity contribution in [3.8, 4) is 11.5 Å². The zero-order valence-corrected chi connectivity index (χ0v) is 13.9. The maximum atomic E-state index is 12.5. The van der Waals surface area contributed by atoms with Crippen LogP contribution in [0.15, 0.2) is 35.5 Å². The molecule has 1 N–H and O–H groups in total. The number of carbonyl (C=O) groups is 1. The molecule has 1 aliphatic rings. The molecule has 2 aromatic rings. The lowest BCUT2D eigenvalue weighted by atomic mass is 10.1. The van der Waals surface area contributed by atoms with E-state index in [-0.39, 0.29) is 6.03 Å². The van der Waals surface area contributed by atoms with E-state index in [0.717, 1.165) is 16.3 Å². The lowest BCUT2D eigenvalue weighted by Crippen LogP contribution is -2.38. The number of amides is 2. The number of pyridine rings is 1. The number of nitrogens with zero attached hydrogens (tertiary/aromatic N) is 2. The van der Waals surface area contributed by atoms with Crippen molar-refractivity contribution in [2.75, 3.05) is 30.7 Å². The van der Waals surface area contributed by atoms with Gasteiger partial charge in [0.2, 0.25) is 0 Å². The van der Waals surface area contributed by atoms with Crippen LogP contribution in [0.4, 0.5) is 16.2 Å². The Kier molecular flexibility index (Phi) is 4.29. The second-order valence-corrected chi connectivity index (χ2v) is 5.80. The molecule has 1 aliphatic heterocycles. The summed E-state index contributed by atoms with van der Waals surface area (Å²) >= 11 is 1.54. The first-order chi connectivity index (χ1) is 11.1. The highest BCUT2D eigenvalue weighted by Gasteiger charge is 2.25. The quantitative estimate of drug-likeness (QED) is 0.870. The van der Waals surface area contributed by atoms with Gasteiger partial charge in [0.25, 0.3) is 0 Å². The fourth-order valence-electron chi connectivity index (χ4n) is 2.40. The fraction of sp³-hybridized carbons (Fsp3) is 0.250. The molecule has 3 rings (SSSR count). The predicted molar refractivity (Wildman–Crippen MR) is 90.8 cm³/mol. The molecule has 2 heterocycles. The number of rotatable bonds is 4. The number of hydrogen-bond donors (Lipinski definition) is 1. The molecule has 120 valence electrons. The van der Waals surface area contributed by atoms with Crippen molar-refractivity contribution in [3.05, 3.63) is 36.0 Å². The van der Waals surface area contributed by atoms with E-state index in [2.05, 4.69) is 10.3 Å². The molecular formula is C16H17N3O3S. The summed E-state index contributed by atoms with van der Waals surface area (Å²) in [6.07, 6.45) is 3.75. The van der Waals surface area contributed by atoms with Crippen LogP contribution in [0, 0.1) is 0 Å². The summed E-state index contributed by atoms with van der Waals surface area (Å²) in [6, 6.07) is 7.08. The van der Waals surface area contributed by atoms with Gasteiger partial charge in [-0.05, 0) is 12.3 Å². The number of ether oxygens (including phenoxy) is 2. The van der Waals surface area contributed by atoms with Crippen LogP contribution in [-0.2, 0) is 6.54 Å². The molecule has 7 heteroatoms. The molecule has 0 bridgehead atoms. The SMILES string of the molecule is COc1cc(OC)cc(N2Cc3cnc(SC)cc3NC2=O)c1. The Hall–Kier alpha value is -2.41. The molecule has 1 aromatic heterocycles. The maximum absolute atomic E-state index is 12.5. The number of benzene rings is 1. The van der Waals surface area contributed by atoms with Gasteiger partial charge < -0.3 is 14.8 Å². The van der Waals surface area contributed by atoms with Gasteiger partial charge in [-0.2, -0.15) is 0 Å². The Bertz CT molecular complexity index is 729. The van der Waals surface area contributed by atoms with E-state index in [1.165, 1.54) is 0 Å². The predicted octanol–water partition coefficient (Wildman–Crippen LogP) is 3.37. The molecule has 0 spiro atoms. The average molecular weight is 331 g/mol. The molecule has 2 amide bonds. The van der Waals surface area contributed by atoms with Gasteiger partial charge in [-0.3, -0.25) is 4.90 Å². The molecule has 0 saturated carbocycles. The number of thioether (sulfide) groups is 1. The highest BCUT2D eigenvalue weighted by Crippen LogP contribution is 2.33. The van der Waals surface area contributed by atoms with E-state index >= 15 is 0 Å². The minimum absolute atomic E-state index is 0.189. The first-order valence-electron chi connectivity index (χ1n) is 6.99. The van der Waals surface area contributed by atoms with Gasteiger partial charge in [0.1, 0.15) is 11.5 Å². The second-order valence-electron chi connectivity index (χ2n) is 4.97. The Morgan fingerprint density at radius 2 is 1.87 bits per heavy atom. The lowest BCUT2D eigenvalue weighted by molar-refractivity contribution is 0.256. The summed E-state index contributed by atoms with van der Waals surface area (Å²) in [4.78, 5) is 18.5. The van der Waals surface area contributed by atoms with Crippen LogP contribution in [-0.4, -0.2) is 31.5 Å². The number of anilines is 2. The topological polar surface area (TPSA) is 63.7 Å². The molecule has 0 fully saturated rings. The lowest BCUT2D eigenvalue weighted by Gasteiger charge is -2.29. The Morgan fingerprint density at radius 1 is 1.17 bits per heavy atom. The first kappa shape index (κ1) is 15.5. The highest BCUT2D eigenvalue weighted by molar-refractivity contribution is 7.98. The third kappa shape index (κ3) is 3.05. The summed E-state index contributed by atoms with van der Waals surface area (Å²) in [6.45, 7) is 0.444. The normalized spacial score (nSPS) is 13.3. The Labute approximate surface area is 138 Å². The maximum Gasteiger partial charge on any atom is 0.326 e. The summed E-state index contributed by atoms with van der Waals surface area (Å²) in [7, 11) is 3.16. The smallest absolute Gasteiger partial charge is 0.326 e. The van der Waals surface area contributed by atoms with E-state index < -0.39 is 0 Å². The summed E-state index contributed by atoms with van der Waals surface area (Å²) < 4.78 is 10.5. The molecule has 0 atom stereocenters. The summed E-state index contributed by atoms with van der Waals surface area (Å²) in [5.41, 5.74) is 2.47. The molecular weight excluding hydrogens is 314 g/mol.